The third-order valence-corrected chi connectivity index (χ3v) is 6.21. The van der Waals surface area contributed by atoms with E-state index < -0.39 is 29.7 Å². The summed E-state index contributed by atoms with van der Waals surface area (Å²) in [6, 6.07) is -0.527. The van der Waals surface area contributed by atoms with E-state index in [1.165, 1.54) is 0 Å². The van der Waals surface area contributed by atoms with Crippen LogP contribution in [0.4, 0.5) is 0 Å². The molecule has 3 unspecified atom stereocenters. The lowest BCUT2D eigenvalue weighted by atomic mass is 9.95. The summed E-state index contributed by atoms with van der Waals surface area (Å²) in [6.45, 7) is 8.50. The van der Waals surface area contributed by atoms with Crippen molar-refractivity contribution in [3.05, 3.63) is 0 Å². The molecule has 3 atom stereocenters. The third kappa shape index (κ3) is 6.77. The molecule has 0 aromatic heterocycles. The van der Waals surface area contributed by atoms with Crippen LogP contribution >= 0.6 is 0 Å². The summed E-state index contributed by atoms with van der Waals surface area (Å²) >= 11 is 0. The van der Waals surface area contributed by atoms with E-state index in [0.717, 1.165) is 32.1 Å². The fourth-order valence-electron chi connectivity index (χ4n) is 4.19. The molecular weight excluding hydrogens is 414 g/mol. The number of hydrogen-bond acceptors (Lipinski definition) is 6. The summed E-state index contributed by atoms with van der Waals surface area (Å²) in [4.78, 5) is 68.8. The van der Waals surface area contributed by atoms with Crippen molar-refractivity contribution in [2.45, 2.75) is 97.6 Å². The second-order valence-electron chi connectivity index (χ2n) is 9.20. The Kier molecular flexibility index (Phi) is 9.65. The van der Waals surface area contributed by atoms with Crippen LogP contribution in [0.2, 0.25) is 0 Å². The number of rotatable bonds is 11. The minimum Gasteiger partial charge on any atom is -0.344 e. The number of nitrogens with one attached hydrogen (secondary N) is 1. The normalized spacial score (nSPS) is 20.6. The molecule has 4 amide bonds. The standard InChI is InChI=1S/C23H37N3O6/c1-5-6-7-10-17(14-20(29)32-26-18(27)11-12-19(26)28)22(30)24-21(15(2)3)23(31)25-13-8-9-16(25)4/h15-17,21H,5-14H2,1-4H3,(H,24,30). The van der Waals surface area contributed by atoms with Gasteiger partial charge in [0.25, 0.3) is 11.8 Å². The molecule has 0 saturated carbocycles. The Hall–Kier alpha value is -2.45. The molecule has 2 saturated heterocycles. The molecule has 1 N–H and O–H groups in total. The van der Waals surface area contributed by atoms with Crippen molar-refractivity contribution in [2.75, 3.05) is 6.54 Å². The Balaban J connectivity index is 2.05. The lowest BCUT2D eigenvalue weighted by Crippen LogP contribution is -2.53. The summed E-state index contributed by atoms with van der Waals surface area (Å²) in [6.07, 6.45) is 4.72. The molecule has 9 nitrogen and oxygen atoms in total. The second-order valence-corrected chi connectivity index (χ2v) is 9.20. The lowest BCUT2D eigenvalue weighted by molar-refractivity contribution is -0.198. The van der Waals surface area contributed by atoms with Gasteiger partial charge in [0.15, 0.2) is 0 Å². The molecule has 32 heavy (non-hydrogen) atoms. The van der Waals surface area contributed by atoms with Crippen LogP contribution in [0.1, 0.15) is 85.5 Å². The van der Waals surface area contributed by atoms with Gasteiger partial charge in [0, 0.05) is 31.3 Å². The first kappa shape index (κ1) is 25.8. The van der Waals surface area contributed by atoms with Crippen LogP contribution in [-0.2, 0) is 28.8 Å². The quantitative estimate of drug-likeness (QED) is 0.381. The van der Waals surface area contributed by atoms with Gasteiger partial charge in [0.05, 0.1) is 6.42 Å². The Bertz CT molecular complexity index is 707. The number of hydrogen-bond donors (Lipinski definition) is 1. The molecule has 0 aromatic carbocycles. The van der Waals surface area contributed by atoms with Gasteiger partial charge in [-0.25, -0.2) is 4.79 Å². The Morgan fingerprint density at radius 3 is 2.31 bits per heavy atom. The summed E-state index contributed by atoms with van der Waals surface area (Å²) in [7, 11) is 0. The smallest absolute Gasteiger partial charge is 0.334 e. The number of hydroxylamine groups is 2. The Morgan fingerprint density at radius 1 is 1.12 bits per heavy atom. The molecule has 2 aliphatic rings. The number of nitrogens with zero attached hydrogens (tertiary/aromatic N) is 2. The van der Waals surface area contributed by atoms with Crippen LogP contribution in [0.15, 0.2) is 0 Å². The maximum atomic E-state index is 13.1. The second kappa shape index (κ2) is 12.0. The van der Waals surface area contributed by atoms with E-state index in [-0.39, 0.29) is 43.0 Å². The molecular formula is C23H37N3O6. The zero-order valence-electron chi connectivity index (χ0n) is 19.7. The summed E-state index contributed by atoms with van der Waals surface area (Å²) in [5.41, 5.74) is 0. The van der Waals surface area contributed by atoms with Crippen LogP contribution in [0.5, 0.6) is 0 Å². The maximum absolute atomic E-state index is 13.1. The van der Waals surface area contributed by atoms with Gasteiger partial charge >= 0.3 is 5.97 Å². The third-order valence-electron chi connectivity index (χ3n) is 6.21. The molecule has 9 heteroatoms. The fourth-order valence-corrected chi connectivity index (χ4v) is 4.19. The van der Waals surface area contributed by atoms with E-state index in [1.54, 1.807) is 0 Å². The molecule has 2 fully saturated rings. The minimum absolute atomic E-state index is 0.0135. The predicted molar refractivity (Wildman–Crippen MR) is 117 cm³/mol. The Morgan fingerprint density at radius 2 is 1.78 bits per heavy atom. The maximum Gasteiger partial charge on any atom is 0.334 e. The van der Waals surface area contributed by atoms with E-state index >= 15 is 0 Å². The van der Waals surface area contributed by atoms with Crippen LogP contribution in [-0.4, -0.2) is 58.2 Å². The first-order valence-corrected chi connectivity index (χ1v) is 11.8. The molecule has 0 radical (unpaired) electrons. The molecule has 180 valence electrons. The zero-order valence-corrected chi connectivity index (χ0v) is 19.7. The van der Waals surface area contributed by atoms with Gasteiger partial charge < -0.3 is 15.1 Å². The van der Waals surface area contributed by atoms with E-state index in [2.05, 4.69) is 5.32 Å². The number of likely N-dealkylation sites (tertiary alicyclic amines) is 1. The van der Waals surface area contributed by atoms with Gasteiger partial charge in [-0.2, -0.15) is 0 Å². The van der Waals surface area contributed by atoms with Gasteiger partial charge in [-0.1, -0.05) is 40.0 Å². The molecule has 0 aliphatic carbocycles. The van der Waals surface area contributed by atoms with Crippen molar-refractivity contribution in [2.24, 2.45) is 11.8 Å². The number of carbonyl (C=O) groups excluding carboxylic acids is 5. The SMILES string of the molecule is CCCCCC(CC(=O)ON1C(=O)CCC1=O)C(=O)NC(C(=O)N1CCCC1C)C(C)C. The Labute approximate surface area is 190 Å². The highest BCUT2D eigenvalue weighted by Crippen LogP contribution is 2.22. The largest absolute Gasteiger partial charge is 0.344 e. The number of carbonyl (C=O) groups is 5. The van der Waals surface area contributed by atoms with E-state index in [0.29, 0.717) is 18.0 Å². The minimum atomic E-state index is -0.800. The zero-order chi connectivity index (χ0) is 23.8. The molecule has 0 bridgehead atoms. The topological polar surface area (TPSA) is 113 Å². The number of amides is 4. The summed E-state index contributed by atoms with van der Waals surface area (Å²) in [5, 5.41) is 3.37. The van der Waals surface area contributed by atoms with Crippen LogP contribution in [0.3, 0.4) is 0 Å². The van der Waals surface area contributed by atoms with Gasteiger partial charge in [0.2, 0.25) is 11.8 Å². The number of unbranched alkanes of at least 4 members (excludes halogenated alkanes) is 2. The van der Waals surface area contributed by atoms with Crippen molar-refractivity contribution in [3.63, 3.8) is 0 Å². The van der Waals surface area contributed by atoms with Gasteiger partial charge in [-0.15, -0.1) is 5.06 Å². The van der Waals surface area contributed by atoms with Gasteiger partial charge in [-0.05, 0) is 32.1 Å². The monoisotopic (exact) mass is 451 g/mol. The first-order valence-electron chi connectivity index (χ1n) is 11.8. The average molecular weight is 452 g/mol. The van der Waals surface area contributed by atoms with Crippen LogP contribution in [0, 0.1) is 11.8 Å². The highest BCUT2D eigenvalue weighted by molar-refractivity contribution is 6.01. The van der Waals surface area contributed by atoms with E-state index in [9.17, 15) is 24.0 Å². The van der Waals surface area contributed by atoms with Crippen molar-refractivity contribution in [3.8, 4) is 0 Å². The van der Waals surface area contributed by atoms with Gasteiger partial charge in [-0.3, -0.25) is 19.2 Å². The molecule has 2 aliphatic heterocycles. The van der Waals surface area contributed by atoms with E-state index in [4.69, 9.17) is 4.84 Å². The molecule has 2 heterocycles. The van der Waals surface area contributed by atoms with Crippen molar-refractivity contribution < 1.29 is 28.8 Å². The highest BCUT2D eigenvalue weighted by atomic mass is 16.7. The fraction of sp³-hybridized carbons (Fsp3) is 0.783. The van der Waals surface area contributed by atoms with E-state index in [1.807, 2.05) is 32.6 Å². The average Bonchev–Trinajstić information content (AvgIpc) is 3.30. The molecule has 0 spiro atoms. The number of imide groups is 1. The highest BCUT2D eigenvalue weighted by Gasteiger charge is 2.36. The van der Waals surface area contributed by atoms with Crippen LogP contribution in [0.25, 0.3) is 0 Å². The molecule has 0 aromatic rings. The van der Waals surface area contributed by atoms with Crippen LogP contribution < -0.4 is 5.32 Å². The molecule has 2 rings (SSSR count). The van der Waals surface area contributed by atoms with Gasteiger partial charge in [0.1, 0.15) is 6.04 Å². The first-order chi connectivity index (χ1) is 15.1. The van der Waals surface area contributed by atoms with Crippen molar-refractivity contribution in [1.29, 1.82) is 0 Å². The van der Waals surface area contributed by atoms with Crippen molar-refractivity contribution in [1.82, 2.24) is 15.3 Å². The summed E-state index contributed by atoms with van der Waals surface area (Å²) < 4.78 is 0. The van der Waals surface area contributed by atoms with Crippen molar-refractivity contribution >= 4 is 29.6 Å². The summed E-state index contributed by atoms with van der Waals surface area (Å²) in [5.74, 6) is -3.20. The predicted octanol–water partition coefficient (Wildman–Crippen LogP) is 2.33. The lowest BCUT2D eigenvalue weighted by Gasteiger charge is -2.30.